The van der Waals surface area contributed by atoms with Gasteiger partial charge in [-0.3, -0.25) is 4.57 Å². The lowest BCUT2D eigenvalue weighted by atomic mass is 9.87. The zero-order valence-corrected chi connectivity index (χ0v) is 35.8. The van der Waals surface area contributed by atoms with Crippen LogP contribution in [0, 0.1) is 12.7 Å². The highest BCUT2D eigenvalue weighted by Crippen LogP contribution is 2.50. The Hall–Kier alpha value is -7.18. The molecule has 0 radical (unpaired) electrons. The van der Waals surface area contributed by atoms with Crippen molar-refractivity contribution >= 4 is 44.6 Å². The van der Waals surface area contributed by atoms with Crippen LogP contribution in [0.2, 0.25) is 0 Å². The van der Waals surface area contributed by atoms with Crippen molar-refractivity contribution in [3.05, 3.63) is 204 Å². The summed E-state index contributed by atoms with van der Waals surface area (Å²) in [6.07, 6.45) is 2.60. The summed E-state index contributed by atoms with van der Waals surface area (Å²) in [7, 11) is 0. The number of rotatable bonds is 10. The Balaban J connectivity index is 1.09. The Morgan fingerprint density at radius 1 is 0.581 bits per heavy atom. The van der Waals surface area contributed by atoms with Gasteiger partial charge in [-0.2, -0.15) is 0 Å². The first-order chi connectivity index (χ1) is 30.2. The second kappa shape index (κ2) is 16.0. The summed E-state index contributed by atoms with van der Waals surface area (Å²) in [5.41, 5.74) is 15.0. The Labute approximate surface area is 363 Å². The smallest absolute Gasteiger partial charge is 0.137 e. The van der Waals surface area contributed by atoms with E-state index < -0.39 is 0 Å². The summed E-state index contributed by atoms with van der Waals surface area (Å²) < 4.78 is 23.2. The van der Waals surface area contributed by atoms with Crippen molar-refractivity contribution in [1.82, 2.24) is 9.55 Å². The molecule has 1 aliphatic rings. The summed E-state index contributed by atoms with van der Waals surface area (Å²) in [4.78, 5) is 9.69. The third kappa shape index (κ3) is 7.26. The first kappa shape index (κ1) is 39.0. The molecule has 2 aromatic heterocycles. The number of benzene rings is 7. The molecule has 62 heavy (non-hydrogen) atoms. The molecule has 6 heteroatoms. The summed E-state index contributed by atoms with van der Waals surface area (Å²) >= 11 is 0. The molecule has 0 saturated carbocycles. The van der Waals surface area contributed by atoms with E-state index in [-0.39, 0.29) is 17.7 Å². The number of ether oxygens (including phenoxy) is 1. The monoisotopic (exact) mass is 812 g/mol. The van der Waals surface area contributed by atoms with Gasteiger partial charge in [0.05, 0.1) is 22.4 Å². The molecule has 7 aromatic carbocycles. The first-order valence-corrected chi connectivity index (χ1v) is 21.6. The van der Waals surface area contributed by atoms with Gasteiger partial charge in [0.1, 0.15) is 29.8 Å². The molecule has 9 aromatic rings. The third-order valence-electron chi connectivity index (χ3n) is 12.1. The molecule has 0 atom stereocenters. The Morgan fingerprint density at radius 2 is 1.31 bits per heavy atom. The molecule has 0 unspecified atom stereocenters. The van der Waals surface area contributed by atoms with E-state index in [1.54, 1.807) is 12.1 Å². The van der Waals surface area contributed by atoms with Crippen LogP contribution in [0.1, 0.15) is 67.3 Å². The zero-order chi connectivity index (χ0) is 42.5. The van der Waals surface area contributed by atoms with Crippen LogP contribution in [-0.2, 0) is 6.42 Å². The number of halogens is 1. The fourth-order valence-corrected chi connectivity index (χ4v) is 9.14. The van der Waals surface area contributed by atoms with Crippen LogP contribution < -0.4 is 14.5 Å². The maximum absolute atomic E-state index is 14.0. The summed E-state index contributed by atoms with van der Waals surface area (Å²) in [5.74, 6) is 2.65. The third-order valence-corrected chi connectivity index (χ3v) is 12.1. The number of aryl methyl sites for hydroxylation is 1. The number of anilines is 4. The molecule has 0 saturated heterocycles. The molecule has 0 spiro atoms. The number of para-hydroxylation sites is 1. The van der Waals surface area contributed by atoms with Gasteiger partial charge in [0.25, 0.3) is 0 Å². The predicted octanol–water partition coefficient (Wildman–Crippen LogP) is 15.2. The van der Waals surface area contributed by atoms with E-state index in [0.717, 1.165) is 68.2 Å². The largest absolute Gasteiger partial charge is 0.457 e. The van der Waals surface area contributed by atoms with Gasteiger partial charge in [-0.25, -0.2) is 9.37 Å². The van der Waals surface area contributed by atoms with Gasteiger partial charge in [0.15, 0.2) is 0 Å². The van der Waals surface area contributed by atoms with Crippen LogP contribution in [0.25, 0.3) is 38.8 Å². The van der Waals surface area contributed by atoms with Crippen molar-refractivity contribution in [3.63, 3.8) is 0 Å². The average Bonchev–Trinajstić information content (AvgIpc) is 3.82. The molecule has 0 N–H and O–H groups in total. The van der Waals surface area contributed by atoms with E-state index in [1.165, 1.54) is 39.0 Å². The summed E-state index contributed by atoms with van der Waals surface area (Å²) in [6.45, 7) is 11.9. The van der Waals surface area contributed by atoms with Crippen molar-refractivity contribution in [1.29, 1.82) is 0 Å². The minimum Gasteiger partial charge on any atom is -0.457 e. The predicted molar refractivity (Wildman–Crippen MR) is 255 cm³/mol. The molecule has 0 aliphatic carbocycles. The lowest BCUT2D eigenvalue weighted by Gasteiger charge is -2.30. The minimum atomic E-state index is -0.227. The molecule has 10 rings (SSSR count). The molecule has 0 fully saturated rings. The second-order valence-electron chi connectivity index (χ2n) is 17.1. The molecule has 1 aliphatic heterocycles. The summed E-state index contributed by atoms with van der Waals surface area (Å²) in [6, 6.07) is 56.5. The highest BCUT2D eigenvalue weighted by atomic mass is 19.1. The van der Waals surface area contributed by atoms with Crippen molar-refractivity contribution < 1.29 is 9.13 Å². The van der Waals surface area contributed by atoms with Crippen LogP contribution in [0.15, 0.2) is 170 Å². The van der Waals surface area contributed by atoms with E-state index in [9.17, 15) is 4.39 Å². The van der Waals surface area contributed by atoms with Crippen LogP contribution in [0.5, 0.6) is 11.5 Å². The molecule has 306 valence electrons. The molecular formula is C56H49FN4O. The molecule has 0 bridgehead atoms. The highest BCUT2D eigenvalue weighted by molar-refractivity contribution is 6.09. The van der Waals surface area contributed by atoms with Gasteiger partial charge in [-0.15, -0.1) is 0 Å². The Morgan fingerprint density at radius 3 is 2.05 bits per heavy atom. The molecule has 0 amide bonds. The van der Waals surface area contributed by atoms with Crippen molar-refractivity contribution in [2.24, 2.45) is 0 Å². The number of fused-ring (bicyclic) bond motifs is 4. The van der Waals surface area contributed by atoms with Crippen molar-refractivity contribution in [3.8, 4) is 28.4 Å². The fraction of sp³-hybridized carbons (Fsp3) is 0.161. The number of pyridine rings is 1. The van der Waals surface area contributed by atoms with Gasteiger partial charge in [-0.05, 0) is 143 Å². The lowest BCUT2D eigenvalue weighted by Crippen LogP contribution is -2.26. The Kier molecular flexibility index (Phi) is 10.1. The van der Waals surface area contributed by atoms with Crippen LogP contribution in [0.4, 0.5) is 27.1 Å². The maximum Gasteiger partial charge on any atom is 0.137 e. The number of aromatic nitrogens is 2. The lowest BCUT2D eigenvalue weighted by molar-refractivity contribution is 0.483. The highest BCUT2D eigenvalue weighted by Gasteiger charge is 2.33. The van der Waals surface area contributed by atoms with Crippen LogP contribution in [0.3, 0.4) is 0 Å². The summed E-state index contributed by atoms with van der Waals surface area (Å²) in [5, 5.41) is 2.32. The number of nitrogens with zero attached hydrogens (tertiary/aromatic N) is 4. The first-order valence-electron chi connectivity index (χ1n) is 21.6. The molecular weight excluding hydrogens is 764 g/mol. The van der Waals surface area contributed by atoms with Gasteiger partial charge in [0.2, 0.25) is 0 Å². The van der Waals surface area contributed by atoms with E-state index in [1.807, 2.05) is 36.5 Å². The van der Waals surface area contributed by atoms with E-state index >= 15 is 0 Å². The minimum absolute atomic E-state index is 0.227. The van der Waals surface area contributed by atoms with Gasteiger partial charge >= 0.3 is 0 Å². The standard InChI is InChI=1S/C56H49FN4O/c1-36(2)49-31-42(41-19-21-43(57)22-20-41)32-50(37(3)4)56(49)60-35-59(52-25-18-38(5)27-54(52)60)44-29-40(28-39-13-7-6-8-14-39)30-46(33-44)62-45-23-24-48-47-15-9-10-16-51(47)61(53(48)34-45)55-17-11-12-26-58-55/h6-27,29-34,36-37H,28,35H2,1-5H3. The molecule has 3 heterocycles. The Bertz CT molecular complexity index is 3050. The van der Waals surface area contributed by atoms with E-state index in [2.05, 4.69) is 170 Å². The topological polar surface area (TPSA) is 33.5 Å². The second-order valence-corrected chi connectivity index (χ2v) is 17.1. The maximum atomic E-state index is 14.0. The number of hydrogen-bond acceptors (Lipinski definition) is 4. The van der Waals surface area contributed by atoms with Gasteiger partial charge in [-0.1, -0.05) is 100 Å². The normalized spacial score (nSPS) is 12.6. The SMILES string of the molecule is Cc1ccc2c(c1)N(c1c(C(C)C)cc(-c3ccc(F)cc3)cc1C(C)C)CN2c1cc(Cc2ccccc2)cc(Oc2ccc3c4ccccc4n(-c4ccccn4)c3c2)c1. The molecule has 5 nitrogen and oxygen atoms in total. The van der Waals surface area contributed by atoms with Crippen LogP contribution in [-0.4, -0.2) is 16.2 Å². The van der Waals surface area contributed by atoms with Gasteiger partial charge < -0.3 is 14.5 Å². The average molecular weight is 813 g/mol. The quantitative estimate of drug-likeness (QED) is 0.138. The van der Waals surface area contributed by atoms with E-state index in [4.69, 9.17) is 9.72 Å². The van der Waals surface area contributed by atoms with Crippen molar-refractivity contribution in [2.75, 3.05) is 16.5 Å². The van der Waals surface area contributed by atoms with E-state index in [0.29, 0.717) is 6.67 Å². The van der Waals surface area contributed by atoms with Crippen LogP contribution >= 0.6 is 0 Å². The fourth-order valence-electron chi connectivity index (χ4n) is 9.14. The van der Waals surface area contributed by atoms with Gasteiger partial charge in [0, 0.05) is 40.5 Å². The van der Waals surface area contributed by atoms with Crippen molar-refractivity contribution in [2.45, 2.75) is 52.9 Å². The number of hydrogen-bond donors (Lipinski definition) is 0. The zero-order valence-electron chi connectivity index (χ0n) is 35.8.